The monoisotopic (exact) mass is 359 g/mol. The van der Waals surface area contributed by atoms with Gasteiger partial charge in [0.15, 0.2) is 0 Å². The second kappa shape index (κ2) is 18.7. The van der Waals surface area contributed by atoms with Crippen molar-refractivity contribution in [2.45, 2.75) is 43.9 Å². The van der Waals surface area contributed by atoms with Gasteiger partial charge in [0, 0.05) is 35.8 Å². The van der Waals surface area contributed by atoms with E-state index in [0.29, 0.717) is 17.5 Å². The molecule has 0 saturated carbocycles. The Balaban J connectivity index is 0. The Labute approximate surface area is 150 Å². The molecule has 0 bridgehead atoms. The van der Waals surface area contributed by atoms with Gasteiger partial charge in [0.05, 0.1) is 5.03 Å². The first kappa shape index (κ1) is 23.9. The standard InChI is InChI=1S/C8H11NS.C7H14OS2.C2H4/c1-7(2)10-8-5-3-4-6-9-8;1-2-7(8)3-5-10-6-4-9;1-2/h3-7H,1-2H3;9H,2-6H2,1H3;1-2H2. The highest BCUT2D eigenvalue weighted by Crippen LogP contribution is 2.18. The maximum atomic E-state index is 10.7. The van der Waals surface area contributed by atoms with Gasteiger partial charge in [0.1, 0.15) is 5.78 Å². The number of nitrogens with zero attached hydrogens (tertiary/aromatic N) is 1. The molecule has 5 heteroatoms. The predicted octanol–water partition coefficient (Wildman–Crippen LogP) is 5.40. The van der Waals surface area contributed by atoms with Crippen molar-refractivity contribution in [3.8, 4) is 0 Å². The van der Waals surface area contributed by atoms with Gasteiger partial charge >= 0.3 is 0 Å². The Morgan fingerprint density at radius 1 is 1.32 bits per heavy atom. The van der Waals surface area contributed by atoms with Crippen LogP contribution in [-0.4, -0.2) is 33.3 Å². The van der Waals surface area contributed by atoms with Gasteiger partial charge in [-0.2, -0.15) is 24.4 Å². The molecule has 1 heterocycles. The van der Waals surface area contributed by atoms with E-state index >= 15 is 0 Å². The van der Waals surface area contributed by atoms with E-state index in [9.17, 15) is 4.79 Å². The number of carbonyl (C=O) groups excluding carboxylic acids is 1. The highest BCUT2D eigenvalue weighted by Gasteiger charge is 1.96. The molecule has 0 aromatic carbocycles. The zero-order chi connectivity index (χ0) is 17.2. The minimum Gasteiger partial charge on any atom is -0.300 e. The van der Waals surface area contributed by atoms with Crippen LogP contribution >= 0.6 is 36.2 Å². The molecule has 2 nitrogen and oxygen atoms in total. The molecule has 0 unspecified atom stereocenters. The Hall–Kier alpha value is -0.390. The summed E-state index contributed by atoms with van der Waals surface area (Å²) < 4.78 is 0. The fraction of sp³-hybridized carbons (Fsp3) is 0.529. The van der Waals surface area contributed by atoms with Crippen LogP contribution < -0.4 is 0 Å². The quantitative estimate of drug-likeness (QED) is 0.291. The lowest BCUT2D eigenvalue weighted by atomic mass is 10.2. The molecular formula is C17H29NOS3. The average Bonchev–Trinajstić information content (AvgIpc) is 2.54. The number of hydrogen-bond acceptors (Lipinski definition) is 5. The zero-order valence-corrected chi connectivity index (χ0v) is 16.5. The van der Waals surface area contributed by atoms with Gasteiger partial charge in [0.25, 0.3) is 0 Å². The van der Waals surface area contributed by atoms with Crippen molar-refractivity contribution in [2.24, 2.45) is 0 Å². The number of ketones is 1. The first-order valence-corrected chi connectivity index (χ1v) is 10.0. The minimum atomic E-state index is 0.367. The Kier molecular flexibility index (Phi) is 20.2. The van der Waals surface area contributed by atoms with Crippen LogP contribution in [0.2, 0.25) is 0 Å². The fourth-order valence-electron chi connectivity index (χ4n) is 1.19. The SMILES string of the molecule is C=C.CC(C)Sc1ccccn1.CCC(=O)CCSCCS. The third-order valence-electron chi connectivity index (χ3n) is 2.15. The first-order chi connectivity index (χ1) is 10.6. The van der Waals surface area contributed by atoms with Crippen LogP contribution in [0.15, 0.2) is 42.6 Å². The summed E-state index contributed by atoms with van der Waals surface area (Å²) in [4.78, 5) is 14.9. The van der Waals surface area contributed by atoms with E-state index in [1.54, 1.807) is 23.5 Å². The number of aromatic nitrogens is 1. The Bertz CT molecular complexity index is 358. The summed E-state index contributed by atoms with van der Waals surface area (Å²) in [5.74, 6) is 3.30. The summed E-state index contributed by atoms with van der Waals surface area (Å²) in [6, 6.07) is 5.98. The second-order valence-corrected chi connectivity index (χ2v) is 7.58. The molecule has 1 aromatic heterocycles. The van der Waals surface area contributed by atoms with E-state index in [-0.39, 0.29) is 0 Å². The lowest BCUT2D eigenvalue weighted by Crippen LogP contribution is -1.97. The summed E-state index contributed by atoms with van der Waals surface area (Å²) in [5.41, 5.74) is 0. The van der Waals surface area contributed by atoms with Crippen LogP contribution in [-0.2, 0) is 4.79 Å². The van der Waals surface area contributed by atoms with E-state index in [1.807, 2.05) is 31.3 Å². The maximum absolute atomic E-state index is 10.7. The van der Waals surface area contributed by atoms with E-state index in [0.717, 1.165) is 28.7 Å². The molecular weight excluding hydrogens is 330 g/mol. The predicted molar refractivity (Wildman–Crippen MR) is 108 cm³/mol. The van der Waals surface area contributed by atoms with Gasteiger partial charge < -0.3 is 0 Å². The molecule has 0 saturated heterocycles. The first-order valence-electron chi connectivity index (χ1n) is 7.38. The summed E-state index contributed by atoms with van der Waals surface area (Å²) >= 11 is 7.65. The van der Waals surface area contributed by atoms with Crippen molar-refractivity contribution in [1.29, 1.82) is 0 Å². The number of thiol groups is 1. The van der Waals surface area contributed by atoms with E-state index in [4.69, 9.17) is 0 Å². The number of thioether (sulfide) groups is 2. The molecule has 0 aliphatic heterocycles. The van der Waals surface area contributed by atoms with Crippen molar-refractivity contribution >= 4 is 41.9 Å². The third-order valence-corrected chi connectivity index (χ3v) is 4.62. The molecule has 126 valence electrons. The van der Waals surface area contributed by atoms with Gasteiger partial charge in [-0.3, -0.25) is 4.79 Å². The topological polar surface area (TPSA) is 30.0 Å². The summed E-state index contributed by atoms with van der Waals surface area (Å²) in [5, 5.41) is 1.73. The zero-order valence-electron chi connectivity index (χ0n) is 14.0. The van der Waals surface area contributed by atoms with Crippen LogP contribution in [0.1, 0.15) is 33.6 Å². The summed E-state index contributed by atoms with van der Waals surface area (Å²) in [6.45, 7) is 12.2. The molecule has 1 rings (SSSR count). The van der Waals surface area contributed by atoms with E-state index < -0.39 is 0 Å². The highest BCUT2D eigenvalue weighted by atomic mass is 32.2. The molecule has 0 aliphatic rings. The summed E-state index contributed by atoms with van der Waals surface area (Å²) in [6.07, 6.45) is 3.24. The van der Waals surface area contributed by atoms with Crippen molar-refractivity contribution in [1.82, 2.24) is 4.98 Å². The molecule has 1 aromatic rings. The molecule has 0 spiro atoms. The molecule has 0 aliphatic carbocycles. The van der Waals surface area contributed by atoms with Crippen LogP contribution in [0.4, 0.5) is 0 Å². The lowest BCUT2D eigenvalue weighted by Gasteiger charge is -2.01. The van der Waals surface area contributed by atoms with Crippen LogP contribution in [0, 0.1) is 0 Å². The molecule has 22 heavy (non-hydrogen) atoms. The number of pyridine rings is 1. The fourth-order valence-corrected chi connectivity index (χ4v) is 3.04. The molecule has 0 amide bonds. The summed E-state index contributed by atoms with van der Waals surface area (Å²) in [7, 11) is 0. The largest absolute Gasteiger partial charge is 0.300 e. The molecule has 0 radical (unpaired) electrons. The van der Waals surface area contributed by atoms with Crippen molar-refractivity contribution < 1.29 is 4.79 Å². The second-order valence-electron chi connectivity index (χ2n) is 4.31. The van der Waals surface area contributed by atoms with E-state index in [2.05, 4.69) is 44.6 Å². The van der Waals surface area contributed by atoms with Crippen molar-refractivity contribution in [2.75, 3.05) is 17.3 Å². The Morgan fingerprint density at radius 3 is 2.45 bits per heavy atom. The van der Waals surface area contributed by atoms with Crippen LogP contribution in [0.3, 0.4) is 0 Å². The van der Waals surface area contributed by atoms with Gasteiger partial charge in [-0.25, -0.2) is 4.98 Å². The smallest absolute Gasteiger partial charge is 0.133 e. The van der Waals surface area contributed by atoms with Gasteiger partial charge in [0.2, 0.25) is 0 Å². The number of rotatable bonds is 8. The van der Waals surface area contributed by atoms with Crippen LogP contribution in [0.25, 0.3) is 0 Å². The Morgan fingerprint density at radius 2 is 2.00 bits per heavy atom. The average molecular weight is 360 g/mol. The van der Waals surface area contributed by atoms with Crippen molar-refractivity contribution in [3.05, 3.63) is 37.6 Å². The number of carbonyl (C=O) groups is 1. The van der Waals surface area contributed by atoms with Crippen LogP contribution in [0.5, 0.6) is 0 Å². The minimum absolute atomic E-state index is 0.367. The number of Topliss-reactive ketones (excluding diaryl/α,β-unsaturated/α-hetero) is 1. The highest BCUT2D eigenvalue weighted by molar-refractivity contribution is 8.00. The van der Waals surface area contributed by atoms with Gasteiger partial charge in [-0.1, -0.05) is 26.8 Å². The molecule has 0 N–H and O–H groups in total. The normalized spacial score (nSPS) is 9.32. The lowest BCUT2D eigenvalue weighted by molar-refractivity contribution is -0.118. The van der Waals surface area contributed by atoms with Crippen molar-refractivity contribution in [3.63, 3.8) is 0 Å². The number of hydrogen-bond donors (Lipinski definition) is 1. The van der Waals surface area contributed by atoms with Gasteiger partial charge in [-0.05, 0) is 17.9 Å². The molecule has 0 atom stereocenters. The van der Waals surface area contributed by atoms with Gasteiger partial charge in [-0.15, -0.1) is 24.9 Å². The van der Waals surface area contributed by atoms with E-state index in [1.165, 1.54) is 0 Å². The third kappa shape index (κ3) is 17.7. The molecule has 0 fully saturated rings. The maximum Gasteiger partial charge on any atom is 0.133 e.